The van der Waals surface area contributed by atoms with E-state index in [0.29, 0.717) is 50.6 Å². The monoisotopic (exact) mass is 700 g/mol. The number of benzene rings is 4. The zero-order chi connectivity index (χ0) is 30.4. The molecule has 0 radical (unpaired) electrons. The highest BCUT2D eigenvalue weighted by molar-refractivity contribution is 8.93. The van der Waals surface area contributed by atoms with Crippen molar-refractivity contribution in [2.24, 2.45) is 5.10 Å². The van der Waals surface area contributed by atoms with Crippen LogP contribution in [0.4, 0.5) is 10.8 Å². The molecule has 5 aromatic rings. The standard InChI is InChI=1S/C34H25ClN4O4S.BrH/c1-42-30-15-12-22(17-31(30)43-2)29-18-27(20-10-13-23(35)14-11-20)37-39(29)34-36-28(19-44-34)21-6-5-7-24(16-21)38-32(40)25-8-3-4-9-26(25)33(38)41;/h3-17,19,29H,18H2,1-2H3;1H. The van der Waals surface area contributed by atoms with Crippen molar-refractivity contribution in [3.8, 4) is 22.8 Å². The average molecular weight is 702 g/mol. The SMILES string of the molecule is Br.COc1ccc(C2CC(c3ccc(Cl)cc3)=NN2c2nc(-c3cccc(N4C(=O)c5ccccc5C4=O)c3)cs2)cc1OC. The first-order valence-electron chi connectivity index (χ1n) is 13.8. The van der Waals surface area contributed by atoms with Crippen LogP contribution in [0.2, 0.25) is 5.02 Å². The molecular formula is C34H26BrClN4O4S. The minimum atomic E-state index is -0.333. The molecule has 0 bridgehead atoms. The van der Waals surface area contributed by atoms with Crippen molar-refractivity contribution in [1.82, 2.24) is 4.98 Å². The minimum Gasteiger partial charge on any atom is -0.493 e. The highest BCUT2D eigenvalue weighted by Gasteiger charge is 2.37. The summed E-state index contributed by atoms with van der Waals surface area (Å²) >= 11 is 7.63. The number of methoxy groups -OCH3 is 2. The number of halogens is 2. The van der Waals surface area contributed by atoms with Crippen LogP contribution in [0.3, 0.4) is 0 Å². The van der Waals surface area contributed by atoms with Crippen LogP contribution in [0.1, 0.15) is 44.3 Å². The van der Waals surface area contributed by atoms with Crippen LogP contribution in [0, 0.1) is 0 Å². The van der Waals surface area contributed by atoms with Crippen molar-refractivity contribution in [3.63, 3.8) is 0 Å². The Bertz CT molecular complexity index is 1930. The fraction of sp³-hybridized carbons (Fsp3) is 0.118. The summed E-state index contributed by atoms with van der Waals surface area (Å²) in [5, 5.41) is 10.3. The lowest BCUT2D eigenvalue weighted by Gasteiger charge is -2.22. The number of rotatable bonds is 7. The molecule has 7 rings (SSSR count). The lowest BCUT2D eigenvalue weighted by Crippen LogP contribution is -2.29. The van der Waals surface area contributed by atoms with Crippen molar-refractivity contribution >= 4 is 68.3 Å². The van der Waals surface area contributed by atoms with Gasteiger partial charge in [-0.05, 0) is 59.7 Å². The predicted molar refractivity (Wildman–Crippen MR) is 183 cm³/mol. The second-order valence-electron chi connectivity index (χ2n) is 10.3. The van der Waals surface area contributed by atoms with Gasteiger partial charge >= 0.3 is 0 Å². The fourth-order valence-electron chi connectivity index (χ4n) is 5.55. The van der Waals surface area contributed by atoms with Crippen molar-refractivity contribution in [3.05, 3.63) is 124 Å². The molecule has 45 heavy (non-hydrogen) atoms. The molecule has 4 aromatic carbocycles. The van der Waals surface area contributed by atoms with Gasteiger partial charge in [-0.1, -0.05) is 54.1 Å². The minimum absolute atomic E-state index is 0. The fourth-order valence-corrected chi connectivity index (χ4v) is 6.51. The third-order valence-corrected chi connectivity index (χ3v) is 8.84. The molecule has 11 heteroatoms. The number of ether oxygens (including phenoxy) is 2. The molecule has 1 atom stereocenters. The Labute approximate surface area is 279 Å². The van der Waals surface area contributed by atoms with Crippen molar-refractivity contribution in [2.45, 2.75) is 12.5 Å². The molecule has 3 heterocycles. The van der Waals surface area contributed by atoms with Gasteiger partial charge in [0.05, 0.1) is 48.5 Å². The number of amides is 2. The van der Waals surface area contributed by atoms with Gasteiger partial charge in [-0.15, -0.1) is 28.3 Å². The predicted octanol–water partition coefficient (Wildman–Crippen LogP) is 8.21. The van der Waals surface area contributed by atoms with Crippen molar-refractivity contribution in [2.75, 3.05) is 24.1 Å². The van der Waals surface area contributed by atoms with E-state index in [1.807, 2.05) is 71.1 Å². The van der Waals surface area contributed by atoms with Gasteiger partial charge in [0.2, 0.25) is 5.13 Å². The Balaban J connectivity index is 0.00000357. The molecule has 1 unspecified atom stereocenters. The van der Waals surface area contributed by atoms with Gasteiger partial charge in [-0.25, -0.2) is 14.9 Å². The van der Waals surface area contributed by atoms with E-state index < -0.39 is 0 Å². The maximum absolute atomic E-state index is 13.1. The zero-order valence-corrected chi connectivity index (χ0v) is 27.4. The number of carbonyl (C=O) groups excluding carboxylic acids is 2. The Kier molecular flexibility index (Phi) is 8.46. The van der Waals surface area contributed by atoms with E-state index in [9.17, 15) is 9.59 Å². The van der Waals surface area contributed by atoms with E-state index in [4.69, 9.17) is 31.2 Å². The van der Waals surface area contributed by atoms with Crippen LogP contribution in [0.25, 0.3) is 11.3 Å². The molecule has 0 N–H and O–H groups in total. The molecule has 2 amide bonds. The van der Waals surface area contributed by atoms with Crippen LogP contribution < -0.4 is 19.4 Å². The third kappa shape index (κ3) is 5.50. The first-order valence-corrected chi connectivity index (χ1v) is 15.1. The van der Waals surface area contributed by atoms with E-state index >= 15 is 0 Å². The largest absolute Gasteiger partial charge is 0.493 e. The Hall–Kier alpha value is -4.51. The van der Waals surface area contributed by atoms with Crippen molar-refractivity contribution < 1.29 is 19.1 Å². The number of anilines is 2. The van der Waals surface area contributed by atoms with Gasteiger partial charge in [0.25, 0.3) is 11.8 Å². The smallest absolute Gasteiger partial charge is 0.266 e. The van der Waals surface area contributed by atoms with Crippen molar-refractivity contribution in [1.29, 1.82) is 0 Å². The van der Waals surface area contributed by atoms with Crippen LogP contribution in [-0.4, -0.2) is 36.7 Å². The van der Waals surface area contributed by atoms with Gasteiger partial charge in [-0.2, -0.15) is 5.10 Å². The maximum Gasteiger partial charge on any atom is 0.266 e. The summed E-state index contributed by atoms with van der Waals surface area (Å²) in [5.74, 6) is 0.616. The number of thiazole rings is 1. The van der Waals surface area contributed by atoms with Crippen LogP contribution in [-0.2, 0) is 0 Å². The molecule has 0 spiro atoms. The number of fused-ring (bicyclic) bond motifs is 1. The maximum atomic E-state index is 13.1. The Morgan fingerprint density at radius 3 is 2.22 bits per heavy atom. The number of hydrazone groups is 1. The van der Waals surface area contributed by atoms with E-state index in [2.05, 4.69) is 0 Å². The number of hydrogen-bond donors (Lipinski definition) is 0. The molecule has 2 aliphatic heterocycles. The topological polar surface area (TPSA) is 84.3 Å². The van der Waals surface area contributed by atoms with Crippen LogP contribution in [0.5, 0.6) is 11.5 Å². The molecule has 2 aliphatic rings. The highest BCUT2D eigenvalue weighted by atomic mass is 79.9. The summed E-state index contributed by atoms with van der Waals surface area (Å²) < 4.78 is 11.1. The molecule has 0 aliphatic carbocycles. The highest BCUT2D eigenvalue weighted by Crippen LogP contribution is 2.42. The third-order valence-electron chi connectivity index (χ3n) is 7.76. The van der Waals surface area contributed by atoms with E-state index in [1.165, 1.54) is 16.2 Å². The van der Waals surface area contributed by atoms with Gasteiger partial charge < -0.3 is 9.47 Å². The number of nitrogens with zero attached hydrogens (tertiary/aromatic N) is 4. The van der Waals surface area contributed by atoms with E-state index in [1.54, 1.807) is 44.6 Å². The van der Waals surface area contributed by atoms with E-state index in [0.717, 1.165) is 22.4 Å². The second kappa shape index (κ2) is 12.5. The Morgan fingerprint density at radius 2 is 1.53 bits per heavy atom. The molecule has 8 nitrogen and oxygen atoms in total. The molecule has 1 aromatic heterocycles. The summed E-state index contributed by atoms with van der Waals surface area (Å²) in [4.78, 5) is 32.4. The number of aromatic nitrogens is 1. The molecule has 226 valence electrons. The average Bonchev–Trinajstić information content (AvgIpc) is 3.78. The summed E-state index contributed by atoms with van der Waals surface area (Å²) in [7, 11) is 3.23. The Morgan fingerprint density at radius 1 is 0.822 bits per heavy atom. The first kappa shape index (κ1) is 30.5. The summed E-state index contributed by atoms with van der Waals surface area (Å²) in [6, 6.07) is 27.6. The zero-order valence-electron chi connectivity index (χ0n) is 24.1. The lowest BCUT2D eigenvalue weighted by atomic mass is 9.98. The first-order chi connectivity index (χ1) is 21.4. The lowest BCUT2D eigenvalue weighted by molar-refractivity contribution is 0.0926. The quantitative estimate of drug-likeness (QED) is 0.159. The molecular weight excluding hydrogens is 676 g/mol. The van der Waals surface area contributed by atoms with Gasteiger partial charge in [0, 0.05) is 22.4 Å². The molecule has 0 saturated carbocycles. The van der Waals surface area contributed by atoms with Crippen LogP contribution in [0.15, 0.2) is 101 Å². The van der Waals surface area contributed by atoms with Gasteiger partial charge in [0.15, 0.2) is 11.5 Å². The van der Waals surface area contributed by atoms with Gasteiger partial charge in [0.1, 0.15) is 0 Å². The number of hydrogen-bond acceptors (Lipinski definition) is 8. The summed E-state index contributed by atoms with van der Waals surface area (Å²) in [5.41, 5.74) is 5.69. The normalized spacial score (nSPS) is 15.5. The van der Waals surface area contributed by atoms with Gasteiger partial charge in [-0.3, -0.25) is 9.59 Å². The second-order valence-corrected chi connectivity index (χ2v) is 11.6. The van der Waals surface area contributed by atoms with Crippen LogP contribution >= 0.6 is 39.9 Å². The number of imide groups is 1. The number of carbonyl (C=O) groups is 2. The molecule has 0 saturated heterocycles. The summed E-state index contributed by atoms with van der Waals surface area (Å²) in [6.07, 6.45) is 0.640. The molecule has 0 fully saturated rings. The van der Waals surface area contributed by atoms with E-state index in [-0.39, 0.29) is 34.8 Å². The summed E-state index contributed by atoms with van der Waals surface area (Å²) in [6.45, 7) is 0.